The molecule has 0 saturated heterocycles. The number of aliphatic hydroxyl groups excluding tert-OH is 1. The van der Waals surface area contributed by atoms with Crippen LogP contribution in [0.25, 0.3) is 0 Å². The average Bonchev–Trinajstić information content (AvgIpc) is 2.25. The van der Waals surface area contributed by atoms with Crippen LogP contribution in [0.3, 0.4) is 0 Å². The lowest BCUT2D eigenvalue weighted by Crippen LogP contribution is -2.34. The molecule has 0 saturated carbocycles. The van der Waals surface area contributed by atoms with E-state index in [1.165, 1.54) is 24.3 Å². The molecule has 0 heterocycles. The minimum absolute atomic E-state index is 0.0407. The van der Waals surface area contributed by atoms with E-state index in [1.54, 1.807) is 0 Å². The van der Waals surface area contributed by atoms with Crippen molar-refractivity contribution in [1.29, 1.82) is 0 Å². The van der Waals surface area contributed by atoms with Crippen LogP contribution >= 0.6 is 0 Å². The molecule has 1 unspecified atom stereocenters. The van der Waals surface area contributed by atoms with Gasteiger partial charge in [-0.3, -0.25) is 4.55 Å². The van der Waals surface area contributed by atoms with Crippen molar-refractivity contribution in [2.24, 2.45) is 0 Å². The number of rotatable bonds is 5. The lowest BCUT2D eigenvalue weighted by atomic mass is 10.2. The maximum Gasteiger partial charge on any atom is 0.392 e. The Hall–Kier alpha value is -1.29. The third-order valence-corrected chi connectivity index (χ3v) is 2.84. The molecular weight excluding hydrogens is 274 g/mol. The van der Waals surface area contributed by atoms with Gasteiger partial charge in [-0.1, -0.05) is 12.1 Å². The molecule has 1 aromatic carbocycles. The minimum Gasteiger partial charge on any atom is -0.508 e. The fourth-order valence-electron chi connectivity index (χ4n) is 0.986. The second-order valence-electron chi connectivity index (χ2n) is 3.37. The molecular formula is C9H10F2O6S. The van der Waals surface area contributed by atoms with E-state index in [4.69, 9.17) is 9.66 Å². The summed E-state index contributed by atoms with van der Waals surface area (Å²) >= 11 is 0. The highest BCUT2D eigenvalue weighted by molar-refractivity contribution is 7.86. The lowest BCUT2D eigenvalue weighted by Gasteiger charge is -2.16. The fourth-order valence-corrected chi connectivity index (χ4v) is 1.20. The third kappa shape index (κ3) is 3.60. The van der Waals surface area contributed by atoms with Gasteiger partial charge in [0.05, 0.1) is 0 Å². The maximum atomic E-state index is 12.8. The van der Waals surface area contributed by atoms with Crippen molar-refractivity contribution in [3.63, 3.8) is 0 Å². The molecule has 1 aromatic rings. The summed E-state index contributed by atoms with van der Waals surface area (Å²) in [4.78, 5) is 0. The summed E-state index contributed by atoms with van der Waals surface area (Å²) in [5.74, 6) is -0.103. The van der Waals surface area contributed by atoms with E-state index in [-0.39, 0.29) is 11.3 Å². The van der Waals surface area contributed by atoms with Gasteiger partial charge in [0.25, 0.3) is 0 Å². The number of aromatic hydroxyl groups is 1. The molecule has 9 heteroatoms. The number of aliphatic hydroxyl groups is 1. The summed E-state index contributed by atoms with van der Waals surface area (Å²) < 4.78 is 58.5. The fraction of sp³-hybridized carbons (Fsp3) is 0.333. The molecule has 0 bridgehead atoms. The summed E-state index contributed by atoms with van der Waals surface area (Å²) in [5, 5.41) is 13.8. The maximum absolute atomic E-state index is 12.8. The zero-order valence-electron chi connectivity index (χ0n) is 8.82. The second-order valence-corrected chi connectivity index (χ2v) is 4.91. The first kappa shape index (κ1) is 14.8. The molecule has 1 rings (SSSR count). The number of ether oxygens (including phenoxy) is 1. The number of benzene rings is 1. The first-order chi connectivity index (χ1) is 8.13. The zero-order valence-corrected chi connectivity index (χ0v) is 9.64. The quantitative estimate of drug-likeness (QED) is 0.547. The van der Waals surface area contributed by atoms with E-state index in [0.717, 1.165) is 0 Å². The van der Waals surface area contributed by atoms with Crippen LogP contribution in [0.2, 0.25) is 0 Å². The highest BCUT2D eigenvalue weighted by Gasteiger charge is 2.45. The molecule has 0 amide bonds. The minimum atomic E-state index is -5.60. The van der Waals surface area contributed by atoms with Gasteiger partial charge in [-0.25, -0.2) is 0 Å². The van der Waals surface area contributed by atoms with Crippen LogP contribution in [0.4, 0.5) is 8.78 Å². The van der Waals surface area contributed by atoms with Gasteiger partial charge in [0, 0.05) is 5.56 Å². The van der Waals surface area contributed by atoms with Crippen LogP contribution in [0, 0.1) is 0 Å². The van der Waals surface area contributed by atoms with E-state index in [1.807, 2.05) is 0 Å². The Morgan fingerprint density at radius 2 is 1.78 bits per heavy atom. The van der Waals surface area contributed by atoms with Crippen LogP contribution in [-0.4, -0.2) is 35.0 Å². The Morgan fingerprint density at radius 1 is 1.28 bits per heavy atom. The Bertz CT molecular complexity index is 498. The molecule has 0 aromatic heterocycles. The smallest absolute Gasteiger partial charge is 0.392 e. The van der Waals surface area contributed by atoms with Gasteiger partial charge in [-0.15, -0.1) is 0 Å². The standard InChI is InChI=1S/C9H10F2O6S/c10-9(11,18(14,15)16)5-17-8(13)6-1-3-7(12)4-2-6/h1-4,8,12-13H,5H2,(H,14,15,16). The van der Waals surface area contributed by atoms with Crippen molar-refractivity contribution in [2.75, 3.05) is 6.61 Å². The molecule has 3 N–H and O–H groups in total. The molecule has 0 fully saturated rings. The molecule has 6 nitrogen and oxygen atoms in total. The van der Waals surface area contributed by atoms with E-state index >= 15 is 0 Å². The van der Waals surface area contributed by atoms with Crippen molar-refractivity contribution in [3.8, 4) is 5.75 Å². The van der Waals surface area contributed by atoms with Gasteiger partial charge in [-0.05, 0) is 12.1 Å². The van der Waals surface area contributed by atoms with Gasteiger partial charge in [0.2, 0.25) is 0 Å². The van der Waals surface area contributed by atoms with Crippen molar-refractivity contribution >= 4 is 10.1 Å². The molecule has 0 radical (unpaired) electrons. The lowest BCUT2D eigenvalue weighted by molar-refractivity contribution is -0.142. The van der Waals surface area contributed by atoms with E-state index in [2.05, 4.69) is 4.74 Å². The van der Waals surface area contributed by atoms with Crippen LogP contribution in [0.1, 0.15) is 11.9 Å². The third-order valence-electron chi connectivity index (χ3n) is 1.96. The van der Waals surface area contributed by atoms with Crippen LogP contribution < -0.4 is 0 Å². The van der Waals surface area contributed by atoms with Crippen LogP contribution in [-0.2, 0) is 14.9 Å². The van der Waals surface area contributed by atoms with Gasteiger partial charge in [0.15, 0.2) is 6.29 Å². The average molecular weight is 284 g/mol. The number of phenols is 1. The van der Waals surface area contributed by atoms with Crippen molar-refractivity contribution in [1.82, 2.24) is 0 Å². The normalized spacial score (nSPS) is 14.4. The summed E-state index contributed by atoms with van der Waals surface area (Å²) in [5.41, 5.74) is 0.0407. The highest BCUT2D eigenvalue weighted by atomic mass is 32.2. The number of phenolic OH excluding ortho intramolecular Hbond substituents is 1. The molecule has 0 aliphatic carbocycles. The zero-order chi connectivity index (χ0) is 14.0. The number of hydrogen-bond acceptors (Lipinski definition) is 5. The number of hydrogen-bond donors (Lipinski definition) is 3. The molecule has 102 valence electrons. The first-order valence-corrected chi connectivity index (χ1v) is 6.01. The van der Waals surface area contributed by atoms with Gasteiger partial charge in [-0.2, -0.15) is 17.2 Å². The second kappa shape index (κ2) is 5.14. The van der Waals surface area contributed by atoms with E-state index < -0.39 is 28.3 Å². The predicted molar refractivity (Wildman–Crippen MR) is 55.5 cm³/mol. The topological polar surface area (TPSA) is 104 Å². The van der Waals surface area contributed by atoms with Gasteiger partial charge < -0.3 is 14.9 Å². The molecule has 0 aliphatic rings. The van der Waals surface area contributed by atoms with Crippen LogP contribution in [0.15, 0.2) is 24.3 Å². The van der Waals surface area contributed by atoms with Crippen LogP contribution in [0.5, 0.6) is 5.75 Å². The Kier molecular flexibility index (Phi) is 4.22. The summed E-state index contributed by atoms with van der Waals surface area (Å²) in [7, 11) is -5.60. The number of halogens is 2. The molecule has 0 aliphatic heterocycles. The first-order valence-electron chi connectivity index (χ1n) is 4.57. The highest BCUT2D eigenvalue weighted by Crippen LogP contribution is 2.24. The Morgan fingerprint density at radius 3 is 2.22 bits per heavy atom. The van der Waals surface area contributed by atoms with E-state index in [0.29, 0.717) is 0 Å². The SMILES string of the molecule is O=S(=O)(O)C(F)(F)COC(O)c1ccc(O)cc1. The Labute approximate surface area is 101 Å². The van der Waals surface area contributed by atoms with E-state index in [9.17, 15) is 22.3 Å². The summed E-state index contributed by atoms with van der Waals surface area (Å²) in [6.07, 6.45) is -1.81. The Balaban J connectivity index is 2.67. The summed E-state index contributed by atoms with van der Waals surface area (Å²) in [6, 6.07) is 4.77. The van der Waals surface area contributed by atoms with Crippen molar-refractivity contribution in [3.05, 3.63) is 29.8 Å². The van der Waals surface area contributed by atoms with Crippen molar-refractivity contribution < 1.29 is 36.7 Å². The van der Waals surface area contributed by atoms with Gasteiger partial charge >= 0.3 is 15.4 Å². The van der Waals surface area contributed by atoms with Crippen molar-refractivity contribution in [2.45, 2.75) is 11.5 Å². The van der Waals surface area contributed by atoms with Gasteiger partial charge in [0.1, 0.15) is 12.4 Å². The monoisotopic (exact) mass is 284 g/mol. The summed E-state index contributed by atoms with van der Waals surface area (Å²) in [6.45, 7) is -1.70. The molecule has 1 atom stereocenters. The number of alkyl halides is 2. The molecule has 18 heavy (non-hydrogen) atoms. The predicted octanol–water partition coefficient (Wildman–Crippen LogP) is 0.880. The molecule has 0 spiro atoms. The largest absolute Gasteiger partial charge is 0.508 e.